The molecule has 0 atom stereocenters. The maximum atomic E-state index is 2.48. The van der Waals surface area contributed by atoms with E-state index in [1.54, 1.807) is 0 Å². The topological polar surface area (TPSA) is 9.86 Å². The lowest BCUT2D eigenvalue weighted by Gasteiger charge is -2.20. The fourth-order valence-electron chi connectivity index (χ4n) is 8.31. The number of rotatable bonds is 4. The van der Waals surface area contributed by atoms with Crippen molar-refractivity contribution in [2.45, 2.75) is 0 Å². The lowest BCUT2D eigenvalue weighted by Crippen LogP contribution is -2.01. The third-order valence-corrected chi connectivity index (χ3v) is 11.6. The van der Waals surface area contributed by atoms with Crippen molar-refractivity contribution in [3.63, 3.8) is 0 Å². The summed E-state index contributed by atoms with van der Waals surface area (Å²) in [5, 5.41) is 7.70. The van der Waals surface area contributed by atoms with E-state index in [4.69, 9.17) is 0 Å². The Morgan fingerprint density at radius 1 is 0.314 bits per heavy atom. The van der Waals surface area contributed by atoms with Crippen molar-refractivity contribution in [1.82, 2.24) is 9.13 Å². The first-order chi connectivity index (χ1) is 25.3. The van der Waals surface area contributed by atoms with Gasteiger partial charge >= 0.3 is 0 Å². The van der Waals surface area contributed by atoms with E-state index in [1.165, 1.54) is 91.7 Å². The van der Waals surface area contributed by atoms with E-state index in [0.29, 0.717) is 0 Å². The third-order valence-electron chi connectivity index (χ3n) is 10.5. The zero-order chi connectivity index (χ0) is 33.5. The van der Waals surface area contributed by atoms with Gasteiger partial charge in [0.2, 0.25) is 0 Å². The molecule has 11 aromatic rings. The van der Waals surface area contributed by atoms with E-state index >= 15 is 0 Å². The summed E-state index contributed by atoms with van der Waals surface area (Å²) in [6, 6.07) is 66.7. The minimum absolute atomic E-state index is 1.15. The molecular formula is C48H30N2S. The van der Waals surface area contributed by atoms with Gasteiger partial charge in [0.1, 0.15) is 0 Å². The highest BCUT2D eigenvalue weighted by molar-refractivity contribution is 7.25. The molecule has 0 fully saturated rings. The Bertz CT molecular complexity index is 3090. The maximum absolute atomic E-state index is 2.48. The average Bonchev–Trinajstić information content (AvgIpc) is 3.84. The van der Waals surface area contributed by atoms with Gasteiger partial charge in [0.25, 0.3) is 0 Å². The largest absolute Gasteiger partial charge is 0.309 e. The van der Waals surface area contributed by atoms with Gasteiger partial charge in [-0.3, -0.25) is 0 Å². The second kappa shape index (κ2) is 11.0. The van der Waals surface area contributed by atoms with Gasteiger partial charge in [-0.1, -0.05) is 133 Å². The van der Waals surface area contributed by atoms with Crippen molar-refractivity contribution in [2.75, 3.05) is 0 Å². The van der Waals surface area contributed by atoms with E-state index in [1.807, 2.05) is 11.3 Å². The Balaban J connectivity index is 1.21. The van der Waals surface area contributed by atoms with Crippen LogP contribution >= 0.6 is 11.3 Å². The maximum Gasteiger partial charge on any atom is 0.0618 e. The van der Waals surface area contributed by atoms with Crippen LogP contribution in [0.1, 0.15) is 0 Å². The number of thiophene rings is 1. The highest BCUT2D eigenvalue weighted by Crippen LogP contribution is 2.43. The van der Waals surface area contributed by atoms with Gasteiger partial charge in [0.05, 0.1) is 27.8 Å². The third kappa shape index (κ3) is 4.22. The Morgan fingerprint density at radius 2 is 0.863 bits per heavy atom. The molecule has 0 aliphatic carbocycles. The standard InChI is InChI=1S/C48H30N2S/c1-2-14-31(15-3-1)34-22-13-23-35(48(34)50-43-25-9-4-18-36(43)37-19-5-10-26-44(37)50)32-16-12-17-33(28-32)49-42-24-8-6-20-38(42)40-30-47-41(29-45(40)49)39-21-7-11-27-46(39)51-47/h1-30H. The number of benzene rings is 8. The molecule has 51 heavy (non-hydrogen) atoms. The molecule has 2 nitrogen and oxygen atoms in total. The summed E-state index contributed by atoms with van der Waals surface area (Å²) in [6.45, 7) is 0. The predicted molar refractivity (Wildman–Crippen MR) is 219 cm³/mol. The van der Waals surface area contributed by atoms with E-state index in [0.717, 1.165) is 5.69 Å². The molecule has 3 heteroatoms. The molecule has 0 N–H and O–H groups in total. The molecule has 0 bridgehead atoms. The van der Waals surface area contributed by atoms with Crippen LogP contribution in [0.15, 0.2) is 182 Å². The van der Waals surface area contributed by atoms with Crippen LogP contribution in [0.3, 0.4) is 0 Å². The van der Waals surface area contributed by atoms with Crippen molar-refractivity contribution >= 4 is 75.1 Å². The van der Waals surface area contributed by atoms with Crippen molar-refractivity contribution in [3.8, 4) is 33.6 Å². The SMILES string of the molecule is c1ccc(-c2cccc(-c3cccc(-n4c5ccccc5c5cc6sc7ccccc7c6cc54)c3)c2-n2c3ccccc3c3ccccc32)cc1. The smallest absolute Gasteiger partial charge is 0.0618 e. The first-order valence-corrected chi connectivity index (χ1v) is 18.3. The molecule has 0 radical (unpaired) electrons. The van der Waals surface area contributed by atoms with E-state index in [-0.39, 0.29) is 0 Å². The van der Waals surface area contributed by atoms with Crippen LogP contribution in [-0.4, -0.2) is 9.13 Å². The normalized spacial score (nSPS) is 11.9. The zero-order valence-corrected chi connectivity index (χ0v) is 28.4. The second-order valence-electron chi connectivity index (χ2n) is 13.3. The number of hydrogen-bond donors (Lipinski definition) is 0. The summed E-state index contributed by atoms with van der Waals surface area (Å²) in [4.78, 5) is 0. The fraction of sp³-hybridized carbons (Fsp3) is 0. The van der Waals surface area contributed by atoms with Crippen LogP contribution in [-0.2, 0) is 0 Å². The number of fused-ring (bicyclic) bond motifs is 9. The number of nitrogens with zero attached hydrogens (tertiary/aromatic N) is 2. The van der Waals surface area contributed by atoms with Gasteiger partial charge in [-0.2, -0.15) is 0 Å². The van der Waals surface area contributed by atoms with Crippen molar-refractivity contribution in [2.24, 2.45) is 0 Å². The monoisotopic (exact) mass is 666 g/mol. The fourth-order valence-corrected chi connectivity index (χ4v) is 9.44. The minimum atomic E-state index is 1.15. The first kappa shape index (κ1) is 28.4. The zero-order valence-electron chi connectivity index (χ0n) is 27.6. The lowest BCUT2D eigenvalue weighted by molar-refractivity contribution is 1.17. The molecule has 0 amide bonds. The Labute approximate surface area is 298 Å². The molecule has 0 saturated heterocycles. The number of para-hydroxylation sites is 4. The van der Waals surface area contributed by atoms with E-state index in [9.17, 15) is 0 Å². The summed E-state index contributed by atoms with van der Waals surface area (Å²) in [6.07, 6.45) is 0. The van der Waals surface area contributed by atoms with Crippen LogP contribution in [0, 0.1) is 0 Å². The molecule has 0 spiro atoms. The highest BCUT2D eigenvalue weighted by atomic mass is 32.1. The van der Waals surface area contributed by atoms with Crippen LogP contribution in [0.25, 0.3) is 97.4 Å². The molecule has 238 valence electrons. The molecule has 0 aliphatic rings. The molecule has 0 saturated carbocycles. The summed E-state index contributed by atoms with van der Waals surface area (Å²) in [5.41, 5.74) is 11.9. The van der Waals surface area contributed by atoms with Gasteiger partial charge in [0, 0.05) is 58.5 Å². The average molecular weight is 667 g/mol. The van der Waals surface area contributed by atoms with E-state index < -0.39 is 0 Å². The predicted octanol–water partition coefficient (Wildman–Crippen LogP) is 13.6. The van der Waals surface area contributed by atoms with Crippen molar-refractivity contribution < 1.29 is 0 Å². The number of aromatic nitrogens is 2. The van der Waals surface area contributed by atoms with Crippen LogP contribution in [0.2, 0.25) is 0 Å². The Kier molecular flexibility index (Phi) is 6.16. The van der Waals surface area contributed by atoms with Crippen molar-refractivity contribution in [3.05, 3.63) is 182 Å². The summed E-state index contributed by atoms with van der Waals surface area (Å²) in [7, 11) is 0. The molecule has 0 unspecified atom stereocenters. The number of hydrogen-bond acceptors (Lipinski definition) is 1. The minimum Gasteiger partial charge on any atom is -0.309 e. The summed E-state index contributed by atoms with van der Waals surface area (Å²) < 4.78 is 7.59. The molecule has 3 aromatic heterocycles. The lowest BCUT2D eigenvalue weighted by atomic mass is 9.95. The van der Waals surface area contributed by atoms with Crippen LogP contribution in [0.4, 0.5) is 0 Å². The van der Waals surface area contributed by atoms with Crippen LogP contribution in [0.5, 0.6) is 0 Å². The van der Waals surface area contributed by atoms with Gasteiger partial charge in [-0.25, -0.2) is 0 Å². The molecule has 3 heterocycles. The van der Waals surface area contributed by atoms with Crippen LogP contribution < -0.4 is 0 Å². The van der Waals surface area contributed by atoms with Gasteiger partial charge < -0.3 is 9.13 Å². The molecule has 8 aromatic carbocycles. The second-order valence-corrected chi connectivity index (χ2v) is 14.4. The first-order valence-electron chi connectivity index (χ1n) is 17.4. The van der Waals surface area contributed by atoms with Gasteiger partial charge in [-0.05, 0) is 59.7 Å². The Hall–Kier alpha value is -6.42. The Morgan fingerprint density at radius 3 is 1.59 bits per heavy atom. The quantitative estimate of drug-likeness (QED) is 0.177. The highest BCUT2D eigenvalue weighted by Gasteiger charge is 2.21. The summed E-state index contributed by atoms with van der Waals surface area (Å²) >= 11 is 1.88. The molecule has 11 rings (SSSR count). The van der Waals surface area contributed by atoms with Gasteiger partial charge in [-0.15, -0.1) is 11.3 Å². The van der Waals surface area contributed by atoms with Crippen molar-refractivity contribution in [1.29, 1.82) is 0 Å². The molecular weight excluding hydrogens is 637 g/mol. The van der Waals surface area contributed by atoms with E-state index in [2.05, 4.69) is 191 Å². The van der Waals surface area contributed by atoms with Gasteiger partial charge in [0.15, 0.2) is 0 Å². The molecule has 0 aliphatic heterocycles. The summed E-state index contributed by atoms with van der Waals surface area (Å²) in [5.74, 6) is 0.